The normalized spacial score (nSPS) is 15.2. The highest BCUT2D eigenvalue weighted by Crippen LogP contribution is 2.30. The topological polar surface area (TPSA) is 3.24 Å². The van der Waals surface area contributed by atoms with Gasteiger partial charge in [-0.2, -0.15) is 0 Å². The summed E-state index contributed by atoms with van der Waals surface area (Å²) in [6, 6.07) is 7.42. The Balaban J connectivity index is 2.40. The second-order valence-corrected chi connectivity index (χ2v) is 4.17. The summed E-state index contributed by atoms with van der Waals surface area (Å²) in [6.07, 6.45) is 1.22. The highest BCUT2D eigenvalue weighted by molar-refractivity contribution is 5.59. The zero-order valence-corrected chi connectivity index (χ0v) is 8.67. The molecule has 1 aliphatic heterocycles. The largest absolute Gasteiger partial charge is 0.369 e. The number of hydrogen-bond donors (Lipinski definition) is 0. The van der Waals surface area contributed by atoms with E-state index in [0.29, 0.717) is 6.04 Å². The summed E-state index contributed by atoms with van der Waals surface area (Å²) in [7, 11) is 0. The average molecular weight is 175 g/mol. The molecule has 0 unspecified atom stereocenters. The molecule has 0 amide bonds. The van der Waals surface area contributed by atoms with Gasteiger partial charge in [0.25, 0.3) is 0 Å². The van der Waals surface area contributed by atoms with Crippen molar-refractivity contribution in [2.45, 2.75) is 33.2 Å². The van der Waals surface area contributed by atoms with Gasteiger partial charge in [0.15, 0.2) is 0 Å². The van der Waals surface area contributed by atoms with Gasteiger partial charge in [0.1, 0.15) is 0 Å². The molecule has 0 atom stereocenters. The summed E-state index contributed by atoms with van der Waals surface area (Å²) >= 11 is 0. The number of anilines is 1. The highest BCUT2D eigenvalue weighted by Gasteiger charge is 2.20. The third kappa shape index (κ3) is 1.43. The summed E-state index contributed by atoms with van der Waals surface area (Å²) in [6.45, 7) is 7.88. The molecule has 0 fully saturated rings. The van der Waals surface area contributed by atoms with E-state index in [1.807, 2.05) is 0 Å². The van der Waals surface area contributed by atoms with E-state index in [9.17, 15) is 0 Å². The van der Waals surface area contributed by atoms with E-state index in [1.54, 1.807) is 0 Å². The summed E-state index contributed by atoms with van der Waals surface area (Å²) in [5.74, 6) is 0. The molecule has 13 heavy (non-hydrogen) atoms. The molecular formula is C12H17N. The van der Waals surface area contributed by atoms with Gasteiger partial charge in [-0.05, 0) is 44.4 Å². The minimum absolute atomic E-state index is 0.628. The van der Waals surface area contributed by atoms with Crippen molar-refractivity contribution < 1.29 is 0 Å². The van der Waals surface area contributed by atoms with Crippen molar-refractivity contribution in [3.05, 3.63) is 29.3 Å². The number of benzene rings is 1. The van der Waals surface area contributed by atoms with Gasteiger partial charge in [0.05, 0.1) is 0 Å². The molecular weight excluding hydrogens is 158 g/mol. The van der Waals surface area contributed by atoms with E-state index < -0.39 is 0 Å². The third-order valence-electron chi connectivity index (χ3n) is 2.80. The van der Waals surface area contributed by atoms with Crippen LogP contribution in [0.2, 0.25) is 0 Å². The molecule has 0 saturated heterocycles. The van der Waals surface area contributed by atoms with Crippen LogP contribution in [0.25, 0.3) is 0 Å². The molecule has 1 heterocycles. The van der Waals surface area contributed by atoms with Crippen LogP contribution in [0.5, 0.6) is 0 Å². The van der Waals surface area contributed by atoms with Crippen molar-refractivity contribution in [1.82, 2.24) is 0 Å². The summed E-state index contributed by atoms with van der Waals surface area (Å²) in [5, 5.41) is 0. The number of nitrogens with zero attached hydrogens (tertiary/aromatic N) is 1. The fourth-order valence-corrected chi connectivity index (χ4v) is 2.05. The molecule has 0 radical (unpaired) electrons. The van der Waals surface area contributed by atoms with Crippen molar-refractivity contribution in [2.75, 3.05) is 11.4 Å². The van der Waals surface area contributed by atoms with Crippen LogP contribution in [-0.2, 0) is 6.42 Å². The fourth-order valence-electron chi connectivity index (χ4n) is 2.05. The molecule has 2 rings (SSSR count). The van der Waals surface area contributed by atoms with Gasteiger partial charge >= 0.3 is 0 Å². The van der Waals surface area contributed by atoms with Gasteiger partial charge < -0.3 is 4.90 Å². The quantitative estimate of drug-likeness (QED) is 0.634. The van der Waals surface area contributed by atoms with Crippen LogP contribution >= 0.6 is 0 Å². The Labute approximate surface area is 80.4 Å². The molecule has 0 spiro atoms. The van der Waals surface area contributed by atoms with Gasteiger partial charge in [0, 0.05) is 18.3 Å². The number of fused-ring (bicyclic) bond motifs is 1. The van der Waals surface area contributed by atoms with Crippen molar-refractivity contribution in [2.24, 2.45) is 0 Å². The van der Waals surface area contributed by atoms with E-state index in [2.05, 4.69) is 43.9 Å². The fraction of sp³-hybridized carbons (Fsp3) is 0.500. The number of hydrogen-bond acceptors (Lipinski definition) is 1. The molecule has 0 bridgehead atoms. The molecule has 1 aromatic carbocycles. The Morgan fingerprint density at radius 1 is 1.31 bits per heavy atom. The predicted octanol–water partition coefficient (Wildman–Crippen LogP) is 2.77. The van der Waals surface area contributed by atoms with Crippen molar-refractivity contribution in [3.8, 4) is 0 Å². The molecule has 0 aromatic heterocycles. The molecule has 1 nitrogen and oxygen atoms in total. The molecule has 70 valence electrons. The molecule has 0 aliphatic carbocycles. The predicted molar refractivity (Wildman–Crippen MR) is 57.4 cm³/mol. The van der Waals surface area contributed by atoms with Crippen LogP contribution in [0.15, 0.2) is 18.2 Å². The van der Waals surface area contributed by atoms with Crippen molar-refractivity contribution in [1.29, 1.82) is 0 Å². The SMILES string of the molecule is Cc1ccc2c(c1)N(C(C)C)CC2. The summed E-state index contributed by atoms with van der Waals surface area (Å²) in [4.78, 5) is 2.49. The van der Waals surface area contributed by atoms with Gasteiger partial charge in [-0.25, -0.2) is 0 Å². The van der Waals surface area contributed by atoms with E-state index in [1.165, 1.54) is 29.8 Å². The van der Waals surface area contributed by atoms with Gasteiger partial charge in [-0.1, -0.05) is 12.1 Å². The highest BCUT2D eigenvalue weighted by atomic mass is 15.2. The molecule has 0 saturated carbocycles. The van der Waals surface area contributed by atoms with Crippen LogP contribution in [0.4, 0.5) is 5.69 Å². The summed E-state index contributed by atoms with van der Waals surface area (Å²) < 4.78 is 0. The number of rotatable bonds is 1. The first-order chi connectivity index (χ1) is 6.18. The monoisotopic (exact) mass is 175 g/mol. The van der Waals surface area contributed by atoms with Gasteiger partial charge in [0.2, 0.25) is 0 Å². The Kier molecular flexibility index (Phi) is 2.03. The van der Waals surface area contributed by atoms with Crippen LogP contribution in [0.3, 0.4) is 0 Å². The van der Waals surface area contributed by atoms with Crippen LogP contribution in [0, 0.1) is 6.92 Å². The minimum Gasteiger partial charge on any atom is -0.369 e. The first kappa shape index (κ1) is 8.61. The standard InChI is InChI=1S/C12H17N/c1-9(2)13-7-6-11-5-4-10(3)8-12(11)13/h4-5,8-9H,6-7H2,1-3H3. The van der Waals surface area contributed by atoms with E-state index in [4.69, 9.17) is 0 Å². The lowest BCUT2D eigenvalue weighted by Crippen LogP contribution is -2.28. The molecule has 0 N–H and O–H groups in total. The zero-order chi connectivity index (χ0) is 9.42. The first-order valence-corrected chi connectivity index (χ1v) is 5.04. The Bertz CT molecular complexity index is 315. The second-order valence-electron chi connectivity index (χ2n) is 4.17. The van der Waals surface area contributed by atoms with Crippen LogP contribution < -0.4 is 4.90 Å². The molecule has 1 heteroatoms. The summed E-state index contributed by atoms with van der Waals surface area (Å²) in [5.41, 5.74) is 4.33. The van der Waals surface area contributed by atoms with Gasteiger partial charge in [-0.3, -0.25) is 0 Å². The first-order valence-electron chi connectivity index (χ1n) is 5.04. The van der Waals surface area contributed by atoms with Crippen molar-refractivity contribution >= 4 is 5.69 Å². The average Bonchev–Trinajstić information content (AvgIpc) is 2.46. The second kappa shape index (κ2) is 3.06. The molecule has 1 aromatic rings. The Morgan fingerprint density at radius 2 is 2.08 bits per heavy atom. The number of aryl methyl sites for hydroxylation is 1. The maximum absolute atomic E-state index is 2.49. The van der Waals surface area contributed by atoms with Gasteiger partial charge in [-0.15, -0.1) is 0 Å². The van der Waals surface area contributed by atoms with Crippen LogP contribution in [0.1, 0.15) is 25.0 Å². The van der Waals surface area contributed by atoms with E-state index >= 15 is 0 Å². The maximum Gasteiger partial charge on any atom is 0.0404 e. The van der Waals surface area contributed by atoms with E-state index in [-0.39, 0.29) is 0 Å². The lowest BCUT2D eigenvalue weighted by molar-refractivity contribution is 0.710. The van der Waals surface area contributed by atoms with Crippen LogP contribution in [-0.4, -0.2) is 12.6 Å². The third-order valence-corrected chi connectivity index (χ3v) is 2.80. The Hall–Kier alpha value is -0.980. The Morgan fingerprint density at radius 3 is 2.77 bits per heavy atom. The smallest absolute Gasteiger partial charge is 0.0404 e. The lowest BCUT2D eigenvalue weighted by Gasteiger charge is -2.24. The zero-order valence-electron chi connectivity index (χ0n) is 8.67. The van der Waals surface area contributed by atoms with Crippen molar-refractivity contribution in [3.63, 3.8) is 0 Å². The molecule has 1 aliphatic rings. The van der Waals surface area contributed by atoms with E-state index in [0.717, 1.165) is 0 Å². The maximum atomic E-state index is 2.49. The minimum atomic E-state index is 0.628. The lowest BCUT2D eigenvalue weighted by atomic mass is 10.1.